The minimum absolute atomic E-state index is 0.00480. The van der Waals surface area contributed by atoms with Crippen LogP contribution in [0.25, 0.3) is 0 Å². The minimum Gasteiger partial charge on any atom is -0.483 e. The number of halogens is 2. The lowest BCUT2D eigenvalue weighted by atomic mass is 10.2. The molecule has 1 aromatic heterocycles. The summed E-state index contributed by atoms with van der Waals surface area (Å²) in [5.41, 5.74) is 0.820. The Hall–Kier alpha value is -0.920. The van der Waals surface area contributed by atoms with Crippen LogP contribution in [0.3, 0.4) is 0 Å². The molecule has 0 spiro atoms. The largest absolute Gasteiger partial charge is 0.483 e. The lowest BCUT2D eigenvalue weighted by Crippen LogP contribution is -2.14. The molecule has 0 amide bonds. The van der Waals surface area contributed by atoms with Crippen molar-refractivity contribution in [2.24, 2.45) is 0 Å². The number of aliphatic hydroxyl groups is 1. The lowest BCUT2D eigenvalue weighted by Gasteiger charge is -2.16. The second kappa shape index (κ2) is 6.46. The first-order chi connectivity index (χ1) is 10.2. The smallest absolute Gasteiger partial charge is 0.171 e. The summed E-state index contributed by atoms with van der Waals surface area (Å²) in [5, 5.41) is 17.6. The van der Waals surface area contributed by atoms with E-state index in [-0.39, 0.29) is 6.61 Å². The maximum atomic E-state index is 9.19. The van der Waals surface area contributed by atoms with E-state index in [2.05, 4.69) is 46.6 Å². The summed E-state index contributed by atoms with van der Waals surface area (Å²) in [7, 11) is 0. The van der Waals surface area contributed by atoms with E-state index in [4.69, 9.17) is 4.74 Å². The van der Waals surface area contributed by atoms with Crippen molar-refractivity contribution in [1.82, 2.24) is 14.8 Å². The van der Waals surface area contributed by atoms with Gasteiger partial charge in [0.15, 0.2) is 5.82 Å². The number of nitrogens with zero attached hydrogens (tertiary/aromatic N) is 3. The Labute approximate surface area is 139 Å². The van der Waals surface area contributed by atoms with E-state index in [9.17, 15) is 5.11 Å². The predicted molar refractivity (Wildman–Crippen MR) is 85.1 cm³/mol. The summed E-state index contributed by atoms with van der Waals surface area (Å²) in [5.74, 6) is 2.61. The van der Waals surface area contributed by atoms with Gasteiger partial charge >= 0.3 is 0 Å². The van der Waals surface area contributed by atoms with E-state index in [1.807, 2.05) is 12.1 Å². The highest BCUT2D eigenvalue weighted by atomic mass is 79.9. The van der Waals surface area contributed by atoms with Gasteiger partial charge in [-0.25, -0.2) is 0 Å². The molecule has 1 aliphatic rings. The lowest BCUT2D eigenvalue weighted by molar-refractivity contribution is 0.276. The van der Waals surface area contributed by atoms with Gasteiger partial charge < -0.3 is 14.4 Å². The van der Waals surface area contributed by atoms with Crippen LogP contribution in [0.4, 0.5) is 0 Å². The van der Waals surface area contributed by atoms with E-state index in [0.29, 0.717) is 12.4 Å². The zero-order chi connectivity index (χ0) is 14.8. The van der Waals surface area contributed by atoms with Crippen molar-refractivity contribution in [3.63, 3.8) is 0 Å². The molecule has 2 heterocycles. The molecular formula is C14H15Br2N3O2. The maximum absolute atomic E-state index is 9.19. The molecule has 1 N–H and O–H groups in total. The van der Waals surface area contributed by atoms with Gasteiger partial charge in [-0.05, 0) is 62.4 Å². The quantitative estimate of drug-likeness (QED) is 0.831. The molecule has 112 valence electrons. The average molecular weight is 417 g/mol. The Bertz CT molecular complexity index is 635. The zero-order valence-corrected chi connectivity index (χ0v) is 14.5. The molecule has 2 aromatic rings. The number of aromatic nitrogens is 3. The third-order valence-electron chi connectivity index (χ3n) is 3.52. The van der Waals surface area contributed by atoms with Crippen molar-refractivity contribution in [2.75, 3.05) is 0 Å². The Morgan fingerprint density at radius 1 is 1.19 bits per heavy atom. The molecule has 0 atom stereocenters. The van der Waals surface area contributed by atoms with Gasteiger partial charge in [-0.3, -0.25) is 0 Å². The second-order valence-electron chi connectivity index (χ2n) is 4.98. The summed E-state index contributed by atoms with van der Waals surface area (Å²) in [6.45, 7) is 1.34. The van der Waals surface area contributed by atoms with Gasteiger partial charge in [0.25, 0.3) is 0 Å². The summed E-state index contributed by atoms with van der Waals surface area (Å²) in [4.78, 5) is 0. The van der Waals surface area contributed by atoms with Crippen molar-refractivity contribution in [3.05, 3.63) is 38.3 Å². The van der Waals surface area contributed by atoms with Crippen LogP contribution in [-0.2, 0) is 26.2 Å². The second-order valence-corrected chi connectivity index (χ2v) is 6.69. The van der Waals surface area contributed by atoms with Crippen LogP contribution in [-0.4, -0.2) is 19.9 Å². The summed E-state index contributed by atoms with van der Waals surface area (Å²) in [6, 6.07) is 3.69. The number of fused-ring (bicyclic) bond motifs is 1. The summed E-state index contributed by atoms with van der Waals surface area (Å²) < 4.78 is 9.63. The molecule has 1 aliphatic heterocycles. The number of benzene rings is 1. The molecule has 0 saturated heterocycles. The van der Waals surface area contributed by atoms with Crippen LogP contribution in [0.5, 0.6) is 5.75 Å². The van der Waals surface area contributed by atoms with Gasteiger partial charge in [0.1, 0.15) is 18.2 Å². The molecule has 0 unspecified atom stereocenters. The normalized spacial score (nSPS) is 14.0. The molecule has 3 rings (SSSR count). The topological polar surface area (TPSA) is 60.2 Å². The zero-order valence-electron chi connectivity index (χ0n) is 11.4. The number of aryl methyl sites for hydroxylation is 1. The fourth-order valence-corrected chi connectivity index (χ4v) is 3.96. The van der Waals surface area contributed by atoms with Crippen LogP contribution in [0.1, 0.15) is 30.1 Å². The Balaban J connectivity index is 1.78. The van der Waals surface area contributed by atoms with E-state index in [1.165, 1.54) is 6.42 Å². The van der Waals surface area contributed by atoms with E-state index >= 15 is 0 Å². The van der Waals surface area contributed by atoms with Crippen molar-refractivity contribution in [1.29, 1.82) is 0 Å². The Morgan fingerprint density at radius 3 is 2.67 bits per heavy atom. The van der Waals surface area contributed by atoms with Crippen LogP contribution in [0.2, 0.25) is 0 Å². The first-order valence-electron chi connectivity index (χ1n) is 6.81. The molecule has 21 heavy (non-hydrogen) atoms. The van der Waals surface area contributed by atoms with Gasteiger partial charge in [0, 0.05) is 13.0 Å². The van der Waals surface area contributed by atoms with E-state index in [1.54, 1.807) is 0 Å². The third kappa shape index (κ3) is 3.14. The van der Waals surface area contributed by atoms with Crippen LogP contribution >= 0.6 is 31.9 Å². The number of hydrogen-bond donors (Lipinski definition) is 1. The minimum atomic E-state index is -0.00480. The standard InChI is InChI=1S/C14H15Br2N3O2/c15-10-5-9(7-20)6-11(16)14(10)21-8-13-18-17-12-3-1-2-4-19(12)13/h5-6,20H,1-4,7-8H2. The van der Waals surface area contributed by atoms with Gasteiger partial charge in [0.2, 0.25) is 0 Å². The highest BCUT2D eigenvalue weighted by molar-refractivity contribution is 9.11. The molecule has 7 heteroatoms. The number of rotatable bonds is 4. The van der Waals surface area contributed by atoms with Crippen molar-refractivity contribution in [2.45, 2.75) is 39.0 Å². The van der Waals surface area contributed by atoms with Crippen molar-refractivity contribution < 1.29 is 9.84 Å². The SMILES string of the molecule is OCc1cc(Br)c(OCc2nnc3n2CCCC3)c(Br)c1. The van der Waals surface area contributed by atoms with Crippen LogP contribution < -0.4 is 4.74 Å². The van der Waals surface area contributed by atoms with Gasteiger partial charge in [-0.1, -0.05) is 0 Å². The molecule has 1 aromatic carbocycles. The van der Waals surface area contributed by atoms with E-state index < -0.39 is 0 Å². The van der Waals surface area contributed by atoms with Crippen molar-refractivity contribution in [3.8, 4) is 5.75 Å². The highest BCUT2D eigenvalue weighted by Crippen LogP contribution is 2.35. The molecule has 0 radical (unpaired) electrons. The third-order valence-corrected chi connectivity index (χ3v) is 4.70. The number of ether oxygens (including phenoxy) is 1. The van der Waals surface area contributed by atoms with Gasteiger partial charge in [-0.15, -0.1) is 10.2 Å². The number of hydrogen-bond acceptors (Lipinski definition) is 4. The Kier molecular flexibility index (Phi) is 4.61. The van der Waals surface area contributed by atoms with Gasteiger partial charge in [0.05, 0.1) is 15.6 Å². The predicted octanol–water partition coefficient (Wildman–Crippen LogP) is 3.21. The number of aliphatic hydroxyl groups excluding tert-OH is 1. The summed E-state index contributed by atoms with van der Waals surface area (Å²) in [6.07, 6.45) is 3.33. The van der Waals surface area contributed by atoms with Crippen LogP contribution in [0, 0.1) is 0 Å². The maximum Gasteiger partial charge on any atom is 0.171 e. The molecule has 5 nitrogen and oxygen atoms in total. The molecule has 0 aliphatic carbocycles. The van der Waals surface area contributed by atoms with Gasteiger partial charge in [-0.2, -0.15) is 0 Å². The summed E-state index contributed by atoms with van der Waals surface area (Å²) >= 11 is 6.94. The van der Waals surface area contributed by atoms with Crippen molar-refractivity contribution >= 4 is 31.9 Å². The molecule has 0 saturated carbocycles. The van der Waals surface area contributed by atoms with Crippen LogP contribution in [0.15, 0.2) is 21.1 Å². The fraction of sp³-hybridized carbons (Fsp3) is 0.429. The first-order valence-corrected chi connectivity index (χ1v) is 8.40. The Morgan fingerprint density at radius 2 is 1.95 bits per heavy atom. The molecule has 0 fully saturated rings. The molecule has 0 bridgehead atoms. The van der Waals surface area contributed by atoms with E-state index in [0.717, 1.165) is 45.5 Å². The molecular weight excluding hydrogens is 402 g/mol. The monoisotopic (exact) mass is 415 g/mol. The average Bonchev–Trinajstić information content (AvgIpc) is 2.89. The fourth-order valence-electron chi connectivity index (χ4n) is 2.45. The first kappa shape index (κ1) is 15.0. The highest BCUT2D eigenvalue weighted by Gasteiger charge is 2.17.